The van der Waals surface area contributed by atoms with Crippen molar-refractivity contribution in [1.82, 2.24) is 5.16 Å². The van der Waals surface area contributed by atoms with Crippen molar-refractivity contribution in [3.05, 3.63) is 45.8 Å². The summed E-state index contributed by atoms with van der Waals surface area (Å²) in [6.07, 6.45) is 0. The minimum absolute atomic E-state index is 0.299. The van der Waals surface area contributed by atoms with E-state index in [9.17, 15) is 4.79 Å². The van der Waals surface area contributed by atoms with Crippen LogP contribution in [-0.4, -0.2) is 18.2 Å². The average Bonchev–Trinajstić information content (AvgIpc) is 2.82. The molecule has 0 aliphatic rings. The predicted molar refractivity (Wildman–Crippen MR) is 71.1 cm³/mol. The number of esters is 1. The van der Waals surface area contributed by atoms with Crippen molar-refractivity contribution in [3.8, 4) is 5.75 Å². The van der Waals surface area contributed by atoms with Crippen LogP contribution in [0.1, 0.15) is 21.8 Å². The van der Waals surface area contributed by atoms with Crippen molar-refractivity contribution >= 4 is 21.9 Å². The largest absolute Gasteiger partial charge is 0.486 e. The van der Waals surface area contributed by atoms with Crippen LogP contribution in [0.15, 0.2) is 33.3 Å². The molecule has 0 bridgehead atoms. The molecule has 19 heavy (non-hydrogen) atoms. The third-order valence-electron chi connectivity index (χ3n) is 2.41. The lowest BCUT2D eigenvalue weighted by molar-refractivity contribution is 0.0600. The van der Waals surface area contributed by atoms with Crippen LogP contribution in [0.5, 0.6) is 5.75 Å². The first kappa shape index (κ1) is 13.6. The Bertz CT molecular complexity index is 594. The highest BCUT2D eigenvalue weighted by Crippen LogP contribution is 2.27. The number of methoxy groups -OCH3 is 1. The first-order valence-electron chi connectivity index (χ1n) is 5.53. The molecule has 5 nitrogen and oxygen atoms in total. The number of carbonyl (C=O) groups excluding carboxylic acids is 1. The summed E-state index contributed by atoms with van der Waals surface area (Å²) in [7, 11) is 1.34. The lowest BCUT2D eigenvalue weighted by Gasteiger charge is -2.07. The minimum Gasteiger partial charge on any atom is -0.486 e. The van der Waals surface area contributed by atoms with E-state index in [2.05, 4.69) is 25.8 Å². The fraction of sp³-hybridized carbons (Fsp3) is 0.231. The second-order valence-electron chi connectivity index (χ2n) is 3.85. The summed E-state index contributed by atoms with van der Waals surface area (Å²) in [4.78, 5) is 11.4. The fourth-order valence-electron chi connectivity index (χ4n) is 1.50. The normalized spacial score (nSPS) is 10.3. The van der Waals surface area contributed by atoms with Crippen LogP contribution in [0.2, 0.25) is 0 Å². The second kappa shape index (κ2) is 5.88. The molecule has 1 heterocycles. The van der Waals surface area contributed by atoms with Gasteiger partial charge in [0.05, 0.1) is 17.1 Å². The van der Waals surface area contributed by atoms with Crippen molar-refractivity contribution in [3.63, 3.8) is 0 Å². The molecular weight excluding hydrogens is 314 g/mol. The van der Waals surface area contributed by atoms with E-state index in [0.717, 1.165) is 5.76 Å². The molecule has 0 saturated heterocycles. The van der Waals surface area contributed by atoms with Crippen LogP contribution in [-0.2, 0) is 11.3 Å². The van der Waals surface area contributed by atoms with E-state index in [1.165, 1.54) is 7.11 Å². The molecule has 1 aromatic carbocycles. The average molecular weight is 326 g/mol. The van der Waals surface area contributed by atoms with Crippen LogP contribution in [0.4, 0.5) is 0 Å². The lowest BCUT2D eigenvalue weighted by atomic mass is 10.2. The standard InChI is InChI=1S/C13H12BrNO4/c1-8-5-10(15-19-8)7-18-12-4-3-9(6-11(12)14)13(16)17-2/h3-6H,7H2,1-2H3. The summed E-state index contributed by atoms with van der Waals surface area (Å²) < 4.78 is 15.8. The van der Waals surface area contributed by atoms with E-state index in [-0.39, 0.29) is 5.97 Å². The van der Waals surface area contributed by atoms with Gasteiger partial charge >= 0.3 is 5.97 Å². The Morgan fingerprint density at radius 3 is 2.79 bits per heavy atom. The number of aromatic nitrogens is 1. The van der Waals surface area contributed by atoms with Gasteiger partial charge in [0.2, 0.25) is 0 Å². The van der Waals surface area contributed by atoms with E-state index >= 15 is 0 Å². The van der Waals surface area contributed by atoms with Gasteiger partial charge in [-0.25, -0.2) is 4.79 Å². The summed E-state index contributed by atoms with van der Waals surface area (Å²) in [6, 6.07) is 6.79. The van der Waals surface area contributed by atoms with Gasteiger partial charge in [0, 0.05) is 6.07 Å². The van der Waals surface area contributed by atoms with Crippen molar-refractivity contribution < 1.29 is 18.8 Å². The highest BCUT2D eigenvalue weighted by atomic mass is 79.9. The van der Waals surface area contributed by atoms with Gasteiger partial charge in [-0.15, -0.1) is 0 Å². The van der Waals surface area contributed by atoms with Crippen molar-refractivity contribution in [2.24, 2.45) is 0 Å². The summed E-state index contributed by atoms with van der Waals surface area (Å²) in [5, 5.41) is 3.83. The summed E-state index contributed by atoms with van der Waals surface area (Å²) >= 11 is 3.35. The van der Waals surface area contributed by atoms with Crippen LogP contribution in [0.25, 0.3) is 0 Å². The molecular formula is C13H12BrNO4. The SMILES string of the molecule is COC(=O)c1ccc(OCc2cc(C)on2)c(Br)c1. The number of nitrogens with zero attached hydrogens (tertiary/aromatic N) is 1. The van der Waals surface area contributed by atoms with E-state index in [4.69, 9.17) is 9.26 Å². The van der Waals surface area contributed by atoms with E-state index in [1.54, 1.807) is 24.3 Å². The van der Waals surface area contributed by atoms with Gasteiger partial charge in [0.1, 0.15) is 23.8 Å². The quantitative estimate of drug-likeness (QED) is 0.808. The number of benzene rings is 1. The topological polar surface area (TPSA) is 61.6 Å². The van der Waals surface area contributed by atoms with Gasteiger partial charge in [-0.1, -0.05) is 5.16 Å². The van der Waals surface area contributed by atoms with E-state index in [1.807, 2.05) is 6.92 Å². The molecule has 0 atom stereocenters. The Hall–Kier alpha value is -1.82. The molecule has 1 aromatic heterocycles. The van der Waals surface area contributed by atoms with Crippen molar-refractivity contribution in [2.45, 2.75) is 13.5 Å². The maximum absolute atomic E-state index is 11.4. The molecule has 2 rings (SSSR count). The highest BCUT2D eigenvalue weighted by Gasteiger charge is 2.10. The van der Waals surface area contributed by atoms with Gasteiger partial charge in [0.15, 0.2) is 0 Å². The molecule has 0 saturated carbocycles. The van der Waals surface area contributed by atoms with E-state index in [0.29, 0.717) is 28.1 Å². The van der Waals surface area contributed by atoms with Gasteiger partial charge in [-0.3, -0.25) is 0 Å². The van der Waals surface area contributed by atoms with Crippen LogP contribution >= 0.6 is 15.9 Å². The van der Waals surface area contributed by atoms with Crippen molar-refractivity contribution in [1.29, 1.82) is 0 Å². The number of aryl methyl sites for hydroxylation is 1. The van der Waals surface area contributed by atoms with Crippen molar-refractivity contribution in [2.75, 3.05) is 7.11 Å². The molecule has 0 amide bonds. The molecule has 100 valence electrons. The Kier molecular flexibility index (Phi) is 4.21. The highest BCUT2D eigenvalue weighted by molar-refractivity contribution is 9.10. The number of ether oxygens (including phenoxy) is 2. The maximum Gasteiger partial charge on any atom is 0.337 e. The number of rotatable bonds is 4. The second-order valence-corrected chi connectivity index (χ2v) is 4.71. The maximum atomic E-state index is 11.4. The predicted octanol–water partition coefficient (Wildman–Crippen LogP) is 3.11. The molecule has 0 fully saturated rings. The first-order valence-corrected chi connectivity index (χ1v) is 6.32. The molecule has 0 spiro atoms. The number of hydrogen-bond donors (Lipinski definition) is 0. The Labute approximate surface area is 118 Å². The molecule has 0 aliphatic carbocycles. The number of carbonyl (C=O) groups is 1. The Balaban J connectivity index is 2.07. The third-order valence-corrected chi connectivity index (χ3v) is 3.03. The summed E-state index contributed by atoms with van der Waals surface area (Å²) in [5.74, 6) is 0.964. The zero-order chi connectivity index (χ0) is 13.8. The van der Waals surface area contributed by atoms with Gasteiger partial charge in [-0.2, -0.15) is 0 Å². The minimum atomic E-state index is -0.389. The fourth-order valence-corrected chi connectivity index (χ4v) is 1.99. The third kappa shape index (κ3) is 3.35. The summed E-state index contributed by atoms with van der Waals surface area (Å²) in [6.45, 7) is 2.12. The molecule has 2 aromatic rings. The molecule has 0 aliphatic heterocycles. The van der Waals surface area contributed by atoms with Crippen LogP contribution < -0.4 is 4.74 Å². The lowest BCUT2D eigenvalue weighted by Crippen LogP contribution is -2.02. The summed E-state index contributed by atoms with van der Waals surface area (Å²) in [5.41, 5.74) is 1.17. The monoisotopic (exact) mass is 325 g/mol. The molecule has 0 radical (unpaired) electrons. The zero-order valence-corrected chi connectivity index (χ0v) is 12.1. The number of hydrogen-bond acceptors (Lipinski definition) is 5. The Morgan fingerprint density at radius 2 is 2.21 bits per heavy atom. The van der Waals surface area contributed by atoms with E-state index < -0.39 is 0 Å². The van der Waals surface area contributed by atoms with Crippen LogP contribution in [0, 0.1) is 6.92 Å². The molecule has 0 N–H and O–H groups in total. The Morgan fingerprint density at radius 1 is 1.42 bits per heavy atom. The first-order chi connectivity index (χ1) is 9.10. The molecule has 0 unspecified atom stereocenters. The van der Waals surface area contributed by atoms with Gasteiger partial charge in [0.25, 0.3) is 0 Å². The number of halogens is 1. The van der Waals surface area contributed by atoms with Crippen LogP contribution in [0.3, 0.4) is 0 Å². The zero-order valence-electron chi connectivity index (χ0n) is 10.5. The molecule has 6 heteroatoms. The van der Waals surface area contributed by atoms with Gasteiger partial charge < -0.3 is 14.0 Å². The smallest absolute Gasteiger partial charge is 0.337 e. The van der Waals surface area contributed by atoms with Gasteiger partial charge in [-0.05, 0) is 41.1 Å².